The average molecular weight is 412 g/mol. The van der Waals surface area contributed by atoms with Gasteiger partial charge in [-0.25, -0.2) is 0 Å². The highest BCUT2D eigenvalue weighted by molar-refractivity contribution is 6.31. The number of hydrogen-bond acceptors (Lipinski definition) is 4. The maximum atomic E-state index is 12.6. The Labute approximate surface area is 171 Å². The Morgan fingerprint density at radius 2 is 1.86 bits per heavy atom. The van der Waals surface area contributed by atoms with Crippen molar-refractivity contribution in [1.29, 1.82) is 0 Å². The van der Waals surface area contributed by atoms with E-state index in [0.717, 1.165) is 5.56 Å². The number of nitrogens with zero attached hydrogens (tertiary/aromatic N) is 1. The smallest absolute Gasteiger partial charge is 0.257 e. The Balaban J connectivity index is 1.76. The molecule has 0 aliphatic rings. The van der Waals surface area contributed by atoms with Crippen LogP contribution in [0.1, 0.15) is 15.9 Å². The number of rotatable bonds is 7. The van der Waals surface area contributed by atoms with E-state index in [9.17, 15) is 14.4 Å². The fourth-order valence-corrected chi connectivity index (χ4v) is 2.82. The molecule has 1 heterocycles. The first kappa shape index (κ1) is 20.2. The molecule has 29 heavy (non-hydrogen) atoms. The summed E-state index contributed by atoms with van der Waals surface area (Å²) in [5.41, 5.74) is 6.36. The molecule has 0 spiro atoms. The SMILES string of the molecule is NC(=O)COc1cccc(NC(=O)c2ccc(=O)n(Cc3ccccc3Cl)c2)c1. The molecule has 0 atom stereocenters. The summed E-state index contributed by atoms with van der Waals surface area (Å²) < 4.78 is 6.64. The summed E-state index contributed by atoms with van der Waals surface area (Å²) in [7, 11) is 0. The second kappa shape index (κ2) is 9.07. The van der Waals surface area contributed by atoms with Crippen molar-refractivity contribution in [2.75, 3.05) is 11.9 Å². The van der Waals surface area contributed by atoms with E-state index >= 15 is 0 Å². The maximum absolute atomic E-state index is 12.6. The molecule has 0 unspecified atom stereocenters. The average Bonchev–Trinajstić information content (AvgIpc) is 2.70. The normalized spacial score (nSPS) is 10.4. The number of carbonyl (C=O) groups is 2. The summed E-state index contributed by atoms with van der Waals surface area (Å²) in [5.74, 6) is -0.601. The van der Waals surface area contributed by atoms with Gasteiger partial charge in [0.2, 0.25) is 0 Å². The van der Waals surface area contributed by atoms with E-state index in [2.05, 4.69) is 5.32 Å². The summed E-state index contributed by atoms with van der Waals surface area (Å²) >= 11 is 6.16. The first-order valence-electron chi connectivity index (χ1n) is 8.69. The molecule has 3 N–H and O–H groups in total. The van der Waals surface area contributed by atoms with E-state index in [1.54, 1.807) is 36.4 Å². The van der Waals surface area contributed by atoms with Crippen molar-refractivity contribution in [3.63, 3.8) is 0 Å². The lowest BCUT2D eigenvalue weighted by atomic mass is 10.2. The number of nitrogens with one attached hydrogen (secondary N) is 1. The van der Waals surface area contributed by atoms with Gasteiger partial charge in [0.25, 0.3) is 17.4 Å². The van der Waals surface area contributed by atoms with Crippen molar-refractivity contribution in [2.24, 2.45) is 5.73 Å². The molecule has 7 nitrogen and oxygen atoms in total. The molecule has 2 amide bonds. The molecule has 1 aromatic heterocycles. The molecule has 0 fully saturated rings. The molecule has 0 aliphatic carbocycles. The van der Waals surface area contributed by atoms with Crippen LogP contribution in [-0.2, 0) is 11.3 Å². The molecular formula is C21H18ClN3O4. The molecule has 0 radical (unpaired) electrons. The predicted octanol–water partition coefficient (Wildman–Crippen LogP) is 2.67. The highest BCUT2D eigenvalue weighted by atomic mass is 35.5. The number of nitrogens with two attached hydrogens (primary N) is 1. The number of hydrogen-bond donors (Lipinski definition) is 2. The van der Waals surface area contributed by atoms with E-state index in [0.29, 0.717) is 22.0 Å². The lowest BCUT2D eigenvalue weighted by molar-refractivity contribution is -0.119. The Bertz CT molecular complexity index is 1110. The van der Waals surface area contributed by atoms with Crippen LogP contribution in [0.2, 0.25) is 5.02 Å². The van der Waals surface area contributed by atoms with E-state index in [1.807, 2.05) is 12.1 Å². The zero-order valence-electron chi connectivity index (χ0n) is 15.3. The van der Waals surface area contributed by atoms with Gasteiger partial charge in [-0.3, -0.25) is 14.4 Å². The van der Waals surface area contributed by atoms with Crippen molar-refractivity contribution in [1.82, 2.24) is 4.57 Å². The van der Waals surface area contributed by atoms with Crippen LogP contribution in [0.4, 0.5) is 5.69 Å². The molecule has 8 heteroatoms. The van der Waals surface area contributed by atoms with Gasteiger partial charge >= 0.3 is 0 Å². The molecule has 3 aromatic rings. The molecule has 0 aliphatic heterocycles. The van der Waals surface area contributed by atoms with Gasteiger partial charge in [-0.05, 0) is 29.8 Å². The van der Waals surface area contributed by atoms with Gasteiger partial charge in [-0.2, -0.15) is 0 Å². The minimum atomic E-state index is -0.597. The van der Waals surface area contributed by atoms with Crippen LogP contribution in [0.25, 0.3) is 0 Å². The van der Waals surface area contributed by atoms with Gasteiger partial charge in [0, 0.05) is 29.0 Å². The highest BCUT2D eigenvalue weighted by Gasteiger charge is 2.10. The van der Waals surface area contributed by atoms with Crippen molar-refractivity contribution in [3.8, 4) is 5.75 Å². The van der Waals surface area contributed by atoms with Gasteiger partial charge in [-0.15, -0.1) is 0 Å². The Morgan fingerprint density at radius 3 is 2.62 bits per heavy atom. The first-order chi connectivity index (χ1) is 13.9. The number of halogens is 1. The topological polar surface area (TPSA) is 103 Å². The number of amides is 2. The lowest BCUT2D eigenvalue weighted by Crippen LogP contribution is -2.22. The second-order valence-corrected chi connectivity index (χ2v) is 6.62. The van der Waals surface area contributed by atoms with Gasteiger partial charge < -0.3 is 20.4 Å². The van der Waals surface area contributed by atoms with Crippen LogP contribution in [0, 0.1) is 0 Å². The second-order valence-electron chi connectivity index (χ2n) is 6.21. The van der Waals surface area contributed by atoms with Crippen molar-refractivity contribution >= 4 is 29.1 Å². The molecule has 0 bridgehead atoms. The number of aromatic nitrogens is 1. The van der Waals surface area contributed by atoms with Crippen molar-refractivity contribution < 1.29 is 14.3 Å². The maximum Gasteiger partial charge on any atom is 0.257 e. The van der Waals surface area contributed by atoms with Gasteiger partial charge in [0.1, 0.15) is 5.75 Å². The van der Waals surface area contributed by atoms with E-state index in [4.69, 9.17) is 22.1 Å². The monoisotopic (exact) mass is 411 g/mol. The van der Waals surface area contributed by atoms with E-state index in [-0.39, 0.29) is 18.7 Å². The molecule has 148 valence electrons. The summed E-state index contributed by atoms with van der Waals surface area (Å²) in [6, 6.07) is 16.5. The number of pyridine rings is 1. The van der Waals surface area contributed by atoms with Gasteiger partial charge in [0.05, 0.1) is 12.1 Å². The standard InChI is InChI=1S/C21H18ClN3O4/c22-18-7-2-1-4-14(18)11-25-12-15(8-9-20(25)27)21(28)24-16-5-3-6-17(10-16)29-13-19(23)26/h1-10,12H,11,13H2,(H2,23,26)(H,24,28). The van der Waals surface area contributed by atoms with E-state index in [1.165, 1.54) is 22.9 Å². The number of primary amides is 1. The molecule has 2 aromatic carbocycles. The zero-order valence-corrected chi connectivity index (χ0v) is 16.1. The van der Waals surface area contributed by atoms with Crippen LogP contribution in [0.3, 0.4) is 0 Å². The minimum absolute atomic E-state index is 0.246. The third-order valence-electron chi connectivity index (χ3n) is 4.02. The van der Waals surface area contributed by atoms with Crippen LogP contribution in [0.15, 0.2) is 71.7 Å². The Kier molecular flexibility index (Phi) is 6.31. The number of anilines is 1. The molecule has 3 rings (SSSR count). The summed E-state index contributed by atoms with van der Waals surface area (Å²) in [6.45, 7) is -0.0134. The molecule has 0 saturated carbocycles. The lowest BCUT2D eigenvalue weighted by Gasteiger charge is -2.11. The summed E-state index contributed by atoms with van der Waals surface area (Å²) in [4.78, 5) is 35.6. The largest absolute Gasteiger partial charge is 0.484 e. The molecular weight excluding hydrogens is 394 g/mol. The van der Waals surface area contributed by atoms with E-state index < -0.39 is 11.8 Å². The number of ether oxygens (including phenoxy) is 1. The third kappa shape index (κ3) is 5.46. The van der Waals surface area contributed by atoms with Crippen LogP contribution in [0.5, 0.6) is 5.75 Å². The summed E-state index contributed by atoms with van der Waals surface area (Å²) in [6.07, 6.45) is 1.48. The van der Waals surface area contributed by atoms with Gasteiger partial charge in [-0.1, -0.05) is 35.9 Å². The van der Waals surface area contributed by atoms with Crippen LogP contribution in [-0.4, -0.2) is 23.0 Å². The number of carbonyl (C=O) groups excluding carboxylic acids is 2. The summed E-state index contributed by atoms with van der Waals surface area (Å²) in [5, 5.41) is 3.28. The quantitative estimate of drug-likeness (QED) is 0.623. The van der Waals surface area contributed by atoms with Crippen LogP contribution < -0.4 is 21.3 Å². The fraction of sp³-hybridized carbons (Fsp3) is 0.0952. The Morgan fingerprint density at radius 1 is 1.07 bits per heavy atom. The highest BCUT2D eigenvalue weighted by Crippen LogP contribution is 2.18. The fourth-order valence-electron chi connectivity index (χ4n) is 2.62. The first-order valence-corrected chi connectivity index (χ1v) is 9.06. The van der Waals surface area contributed by atoms with Crippen molar-refractivity contribution in [2.45, 2.75) is 6.54 Å². The minimum Gasteiger partial charge on any atom is -0.484 e. The zero-order chi connectivity index (χ0) is 20.8. The van der Waals surface area contributed by atoms with Crippen LogP contribution >= 0.6 is 11.6 Å². The molecule has 0 saturated heterocycles. The predicted molar refractivity (Wildman–Crippen MR) is 110 cm³/mol. The van der Waals surface area contributed by atoms with Crippen molar-refractivity contribution in [3.05, 3.63) is 93.4 Å². The number of benzene rings is 2. The third-order valence-corrected chi connectivity index (χ3v) is 4.39. The van der Waals surface area contributed by atoms with Gasteiger partial charge in [0.15, 0.2) is 6.61 Å². The Hall–Kier alpha value is -3.58.